The van der Waals surface area contributed by atoms with Crippen LogP contribution in [0.5, 0.6) is 0 Å². The maximum Gasteiger partial charge on any atom is 0.131 e. The van der Waals surface area contributed by atoms with E-state index in [1.165, 1.54) is 44.5 Å². The summed E-state index contributed by atoms with van der Waals surface area (Å²) in [6, 6.07) is 69.8. The summed E-state index contributed by atoms with van der Waals surface area (Å²) < 4.78 is 15.6. The number of benzene rings is 7. The molecule has 10 aromatic rings. The minimum atomic E-state index is -0.256. The molecule has 0 aliphatic rings. The third-order valence-electron chi connectivity index (χ3n) is 12.7. The molecule has 324 valence electrons. The van der Waals surface area contributed by atoms with Gasteiger partial charge < -0.3 is 0 Å². The lowest BCUT2D eigenvalue weighted by Crippen LogP contribution is -1.98. The summed E-state index contributed by atoms with van der Waals surface area (Å²) >= 11 is 0. The van der Waals surface area contributed by atoms with Gasteiger partial charge in [0.1, 0.15) is 5.82 Å². The Balaban J connectivity index is 0.915. The minimum absolute atomic E-state index is 0.256. The first-order valence-electron chi connectivity index (χ1n) is 23.1. The maximum absolute atomic E-state index is 15.6. The van der Waals surface area contributed by atoms with Crippen molar-refractivity contribution in [2.45, 2.75) is 39.5 Å². The van der Waals surface area contributed by atoms with Crippen molar-refractivity contribution in [3.05, 3.63) is 258 Å². The Bertz CT molecular complexity index is 3290. The van der Waals surface area contributed by atoms with Crippen molar-refractivity contribution in [2.75, 3.05) is 0 Å². The van der Waals surface area contributed by atoms with Crippen molar-refractivity contribution >= 4 is 0 Å². The summed E-state index contributed by atoms with van der Waals surface area (Å²) in [5, 5.41) is 0. The molecule has 0 atom stereocenters. The number of aromatic nitrogens is 3. The average Bonchev–Trinajstić information content (AvgIpc) is 3.38. The number of halogens is 1. The van der Waals surface area contributed by atoms with Crippen molar-refractivity contribution in [1.82, 2.24) is 15.0 Å². The van der Waals surface area contributed by atoms with Crippen LogP contribution in [0.15, 0.2) is 219 Å². The van der Waals surface area contributed by atoms with E-state index < -0.39 is 0 Å². The van der Waals surface area contributed by atoms with Gasteiger partial charge in [0, 0.05) is 40.8 Å². The van der Waals surface area contributed by atoms with E-state index in [0.717, 1.165) is 87.3 Å². The molecule has 0 fully saturated rings. The molecular weight excluding hydrogens is 818 g/mol. The van der Waals surface area contributed by atoms with Gasteiger partial charge >= 0.3 is 0 Å². The van der Waals surface area contributed by atoms with E-state index in [9.17, 15) is 0 Å². The third-order valence-corrected chi connectivity index (χ3v) is 12.7. The van der Waals surface area contributed by atoms with Gasteiger partial charge in [-0.05, 0) is 148 Å². The number of hydrogen-bond acceptors (Lipinski definition) is 3. The van der Waals surface area contributed by atoms with Gasteiger partial charge in [-0.2, -0.15) is 0 Å². The summed E-state index contributed by atoms with van der Waals surface area (Å²) in [6.45, 7) is 4.17. The molecule has 0 spiro atoms. The molecule has 4 heteroatoms. The number of rotatable bonds is 13. The summed E-state index contributed by atoms with van der Waals surface area (Å²) in [4.78, 5) is 13.9. The molecule has 3 aromatic heterocycles. The van der Waals surface area contributed by atoms with Gasteiger partial charge in [0.15, 0.2) is 0 Å². The summed E-state index contributed by atoms with van der Waals surface area (Å²) in [5.74, 6) is -0.256. The van der Waals surface area contributed by atoms with Crippen LogP contribution >= 0.6 is 0 Å². The Hall–Kier alpha value is -8.08. The van der Waals surface area contributed by atoms with Crippen LogP contribution in [0.2, 0.25) is 0 Å². The molecule has 0 radical (unpaired) electrons. The monoisotopic (exact) mass is 867 g/mol. The first-order valence-corrected chi connectivity index (χ1v) is 23.1. The Morgan fingerprint density at radius 3 is 1.46 bits per heavy atom. The maximum atomic E-state index is 15.6. The lowest BCUT2D eigenvalue weighted by Gasteiger charge is -2.15. The van der Waals surface area contributed by atoms with Gasteiger partial charge in [0.2, 0.25) is 0 Å². The van der Waals surface area contributed by atoms with Gasteiger partial charge in [0.05, 0.1) is 17.1 Å². The molecule has 67 heavy (non-hydrogen) atoms. The third kappa shape index (κ3) is 10.1. The smallest absolute Gasteiger partial charge is 0.131 e. The largest absolute Gasteiger partial charge is 0.256 e. The Kier molecular flexibility index (Phi) is 12.5. The van der Waals surface area contributed by atoms with Crippen molar-refractivity contribution < 1.29 is 4.39 Å². The van der Waals surface area contributed by atoms with Gasteiger partial charge in [-0.1, -0.05) is 164 Å². The summed E-state index contributed by atoms with van der Waals surface area (Å²) in [6.07, 6.45) is 9.28. The van der Waals surface area contributed by atoms with E-state index >= 15 is 4.39 Å². The SMILES string of the molecule is Cc1ccc(-c2ccc(CCc3cc(CCc4ccc(-c5cc(C)ccn5)cc4)cc(-c4ccccc4-c4ccc(-c5cc(-c6ccc(-c7ccccc7)cc6F)ccn5)cc4)c3)cc2)nc1. The second-order valence-electron chi connectivity index (χ2n) is 17.5. The predicted molar refractivity (Wildman–Crippen MR) is 275 cm³/mol. The van der Waals surface area contributed by atoms with E-state index in [0.29, 0.717) is 5.56 Å². The van der Waals surface area contributed by atoms with Gasteiger partial charge in [-0.15, -0.1) is 0 Å². The van der Waals surface area contributed by atoms with Crippen LogP contribution in [0.25, 0.3) is 78.3 Å². The molecule has 0 unspecified atom stereocenters. The lowest BCUT2D eigenvalue weighted by atomic mass is 9.90. The molecule has 0 aliphatic carbocycles. The zero-order chi connectivity index (χ0) is 45.5. The second-order valence-corrected chi connectivity index (χ2v) is 17.5. The highest BCUT2D eigenvalue weighted by molar-refractivity contribution is 5.85. The normalized spacial score (nSPS) is 11.1. The highest BCUT2D eigenvalue weighted by atomic mass is 19.1. The topological polar surface area (TPSA) is 38.7 Å². The van der Waals surface area contributed by atoms with Gasteiger partial charge in [-0.25, -0.2) is 4.39 Å². The predicted octanol–water partition coefficient (Wildman–Crippen LogP) is 15.9. The Morgan fingerprint density at radius 1 is 0.313 bits per heavy atom. The molecule has 7 aromatic carbocycles. The van der Waals surface area contributed by atoms with Gasteiger partial charge in [-0.3, -0.25) is 15.0 Å². The fourth-order valence-electron chi connectivity index (χ4n) is 8.92. The minimum Gasteiger partial charge on any atom is -0.256 e. The number of pyridine rings is 3. The number of nitrogens with zero attached hydrogens (tertiary/aromatic N) is 3. The van der Waals surface area contributed by atoms with Crippen LogP contribution in [0.3, 0.4) is 0 Å². The van der Waals surface area contributed by atoms with Crippen molar-refractivity contribution in [3.63, 3.8) is 0 Å². The molecule has 3 nitrogen and oxygen atoms in total. The van der Waals surface area contributed by atoms with Crippen LogP contribution in [-0.4, -0.2) is 15.0 Å². The molecule has 0 N–H and O–H groups in total. The molecule has 0 saturated carbocycles. The Morgan fingerprint density at radius 2 is 0.851 bits per heavy atom. The highest BCUT2D eigenvalue weighted by Crippen LogP contribution is 2.36. The number of hydrogen-bond donors (Lipinski definition) is 0. The Labute approximate surface area is 393 Å². The highest BCUT2D eigenvalue weighted by Gasteiger charge is 2.14. The summed E-state index contributed by atoms with van der Waals surface area (Å²) in [5.41, 5.74) is 21.5. The first kappa shape index (κ1) is 42.8. The quantitative estimate of drug-likeness (QED) is 0.116. The van der Waals surface area contributed by atoms with Crippen LogP contribution in [0.1, 0.15) is 33.4 Å². The molecule has 0 bridgehead atoms. The van der Waals surface area contributed by atoms with E-state index in [2.05, 4.69) is 157 Å². The van der Waals surface area contributed by atoms with Crippen LogP contribution in [0, 0.1) is 19.7 Å². The van der Waals surface area contributed by atoms with Crippen molar-refractivity contribution in [3.8, 4) is 78.3 Å². The fourth-order valence-corrected chi connectivity index (χ4v) is 8.92. The van der Waals surface area contributed by atoms with Crippen LogP contribution in [0.4, 0.5) is 4.39 Å². The fraction of sp³-hybridized carbons (Fsp3) is 0.0952. The summed E-state index contributed by atoms with van der Waals surface area (Å²) in [7, 11) is 0. The molecular formula is C63H50FN3. The number of aryl methyl sites for hydroxylation is 6. The zero-order valence-corrected chi connectivity index (χ0v) is 37.8. The van der Waals surface area contributed by atoms with E-state index in [4.69, 9.17) is 4.98 Å². The van der Waals surface area contributed by atoms with E-state index in [1.54, 1.807) is 12.3 Å². The van der Waals surface area contributed by atoms with Crippen LogP contribution in [-0.2, 0) is 25.7 Å². The molecule has 3 heterocycles. The second kappa shape index (κ2) is 19.6. The van der Waals surface area contributed by atoms with Gasteiger partial charge in [0.25, 0.3) is 0 Å². The molecule has 0 aliphatic heterocycles. The molecule has 10 rings (SSSR count). The standard InChI is InChI=1S/C63H50FN3/c1-43-32-34-65-62(36-43)52-23-19-46(20-24-52)14-16-48-37-47(15-13-45-17-21-51(22-18-45)61-31-12-44(2)42-67-61)38-56(39-48)58-11-7-6-10-57(58)50-25-27-53(28-26-50)63-41-55(33-35-66-63)59-30-29-54(40-60(59)64)49-8-4-3-5-9-49/h3-12,17-42H,13-16H2,1-2H3. The van der Waals surface area contributed by atoms with E-state index in [-0.39, 0.29) is 5.82 Å². The molecule has 0 saturated heterocycles. The van der Waals surface area contributed by atoms with Crippen molar-refractivity contribution in [1.29, 1.82) is 0 Å². The zero-order valence-electron chi connectivity index (χ0n) is 37.8. The molecule has 0 amide bonds. The van der Waals surface area contributed by atoms with Crippen molar-refractivity contribution in [2.24, 2.45) is 0 Å². The average molecular weight is 868 g/mol. The van der Waals surface area contributed by atoms with Crippen LogP contribution < -0.4 is 0 Å². The first-order chi connectivity index (χ1) is 32.9. The lowest BCUT2D eigenvalue weighted by molar-refractivity contribution is 0.632. The van der Waals surface area contributed by atoms with E-state index in [1.807, 2.05) is 73.1 Å².